The van der Waals surface area contributed by atoms with Gasteiger partial charge < -0.3 is 19.8 Å². The van der Waals surface area contributed by atoms with Crippen molar-refractivity contribution in [3.05, 3.63) is 75.3 Å². The lowest BCUT2D eigenvalue weighted by atomic mass is 9.95. The molecule has 3 rings (SSSR count). The smallest absolute Gasteiger partial charge is 0.295 e. The van der Waals surface area contributed by atoms with Crippen LogP contribution < -0.4 is 4.90 Å². The highest BCUT2D eigenvalue weighted by molar-refractivity contribution is 6.46. The van der Waals surface area contributed by atoms with E-state index in [1.165, 1.54) is 29.2 Å². The zero-order chi connectivity index (χ0) is 25.0. The van der Waals surface area contributed by atoms with Crippen LogP contribution in [0.15, 0.2) is 54.1 Å². The first-order chi connectivity index (χ1) is 16.2. The normalized spacial score (nSPS) is 17.4. The number of likely N-dealkylation sites (tertiary alicyclic amines) is 1. The van der Waals surface area contributed by atoms with Crippen molar-refractivity contribution >= 4 is 28.8 Å². The van der Waals surface area contributed by atoms with Gasteiger partial charge in [-0.25, -0.2) is 0 Å². The highest BCUT2D eigenvalue weighted by atomic mass is 16.6. The van der Waals surface area contributed by atoms with Crippen molar-refractivity contribution < 1.29 is 19.6 Å². The maximum Gasteiger partial charge on any atom is 0.295 e. The zero-order valence-corrected chi connectivity index (χ0v) is 19.9. The quantitative estimate of drug-likeness (QED) is 0.198. The maximum atomic E-state index is 13.1. The number of aliphatic hydroxyl groups is 1. The van der Waals surface area contributed by atoms with Crippen LogP contribution >= 0.6 is 0 Å². The molecule has 1 saturated heterocycles. The van der Waals surface area contributed by atoms with Gasteiger partial charge in [-0.3, -0.25) is 19.7 Å². The van der Waals surface area contributed by atoms with E-state index < -0.39 is 22.7 Å². The van der Waals surface area contributed by atoms with Crippen molar-refractivity contribution in [3.8, 4) is 0 Å². The number of hydrogen-bond donors (Lipinski definition) is 1. The summed E-state index contributed by atoms with van der Waals surface area (Å²) in [5.41, 5.74) is 1.75. The predicted octanol–water partition coefficient (Wildman–Crippen LogP) is 3.42. The van der Waals surface area contributed by atoms with Gasteiger partial charge in [0.15, 0.2) is 0 Å². The molecule has 0 radical (unpaired) electrons. The molecule has 0 bridgehead atoms. The summed E-state index contributed by atoms with van der Waals surface area (Å²) in [7, 11) is 3.83. The van der Waals surface area contributed by atoms with Crippen LogP contribution in [0.1, 0.15) is 31.0 Å². The first-order valence-corrected chi connectivity index (χ1v) is 11.2. The summed E-state index contributed by atoms with van der Waals surface area (Å²) in [4.78, 5) is 42.2. The molecule has 0 aromatic heterocycles. The SMILES string of the molecule is CCN(CC)CCN1C(=O)C(=O)/C(=C(/O)c2ccc([N+](=O)[O-])cc2)[C@@H]1c1ccc(N(C)C)cc1. The second-order valence-electron chi connectivity index (χ2n) is 8.31. The van der Waals surface area contributed by atoms with Crippen LogP contribution in [0, 0.1) is 10.1 Å². The lowest BCUT2D eigenvalue weighted by Crippen LogP contribution is -2.38. The summed E-state index contributed by atoms with van der Waals surface area (Å²) in [6, 6.07) is 12.0. The number of non-ortho nitro benzene ring substituents is 1. The van der Waals surface area contributed by atoms with Crippen LogP contribution in [0.25, 0.3) is 5.76 Å². The first kappa shape index (κ1) is 24.9. The van der Waals surface area contributed by atoms with Gasteiger partial charge in [0, 0.05) is 50.6 Å². The van der Waals surface area contributed by atoms with Gasteiger partial charge in [-0.05, 0) is 42.9 Å². The topological polar surface area (TPSA) is 107 Å². The second-order valence-corrected chi connectivity index (χ2v) is 8.31. The van der Waals surface area contributed by atoms with E-state index in [1.807, 2.05) is 57.1 Å². The number of likely N-dealkylation sites (N-methyl/N-ethyl adjacent to an activating group) is 1. The monoisotopic (exact) mass is 466 g/mol. The number of Topliss-reactive ketones (excluding diaryl/α,β-unsaturated/α-hetero) is 1. The Hall–Kier alpha value is -3.72. The Morgan fingerprint density at radius 3 is 2.12 bits per heavy atom. The van der Waals surface area contributed by atoms with Gasteiger partial charge in [0.2, 0.25) is 0 Å². The third-order valence-electron chi connectivity index (χ3n) is 6.17. The van der Waals surface area contributed by atoms with Crippen molar-refractivity contribution in [1.82, 2.24) is 9.80 Å². The van der Waals surface area contributed by atoms with E-state index in [4.69, 9.17) is 0 Å². The third-order valence-corrected chi connectivity index (χ3v) is 6.17. The lowest BCUT2D eigenvalue weighted by Gasteiger charge is -2.28. The number of carbonyl (C=O) groups excluding carboxylic acids is 2. The summed E-state index contributed by atoms with van der Waals surface area (Å²) >= 11 is 0. The van der Waals surface area contributed by atoms with Crippen molar-refractivity contribution in [2.75, 3.05) is 45.2 Å². The molecule has 1 amide bonds. The largest absolute Gasteiger partial charge is 0.507 e. The van der Waals surface area contributed by atoms with Gasteiger partial charge in [-0.2, -0.15) is 0 Å². The highest BCUT2D eigenvalue weighted by Gasteiger charge is 2.46. The molecule has 1 heterocycles. The van der Waals surface area contributed by atoms with Gasteiger partial charge >= 0.3 is 0 Å². The molecule has 2 aromatic carbocycles. The number of hydrogen-bond acceptors (Lipinski definition) is 7. The van der Waals surface area contributed by atoms with Crippen LogP contribution in [0.4, 0.5) is 11.4 Å². The second kappa shape index (κ2) is 10.5. The Morgan fingerprint density at radius 2 is 1.62 bits per heavy atom. The minimum atomic E-state index is -0.767. The van der Waals surface area contributed by atoms with E-state index in [1.54, 1.807) is 0 Å². The molecule has 9 nitrogen and oxygen atoms in total. The standard InChI is InChI=1S/C25H30N4O5/c1-5-27(6-2)15-16-28-22(17-7-11-19(12-8-17)26(3)4)21(24(31)25(28)32)23(30)18-9-13-20(14-10-18)29(33)34/h7-14,22,30H,5-6,15-16H2,1-4H3/b23-21+/t22-/m0/s1. The van der Waals surface area contributed by atoms with Crippen molar-refractivity contribution in [2.24, 2.45) is 0 Å². The predicted molar refractivity (Wildman–Crippen MR) is 131 cm³/mol. The van der Waals surface area contributed by atoms with E-state index >= 15 is 0 Å². The van der Waals surface area contributed by atoms with Crippen LogP contribution in [0.2, 0.25) is 0 Å². The Balaban J connectivity index is 2.09. The Bertz CT molecular complexity index is 1090. The molecular weight excluding hydrogens is 436 g/mol. The van der Waals surface area contributed by atoms with Gasteiger partial charge in [-0.1, -0.05) is 26.0 Å². The molecule has 1 atom stereocenters. The summed E-state index contributed by atoms with van der Waals surface area (Å²) in [6.07, 6.45) is 0. The Morgan fingerprint density at radius 1 is 1.03 bits per heavy atom. The molecule has 0 spiro atoms. The molecule has 0 unspecified atom stereocenters. The van der Waals surface area contributed by atoms with Crippen LogP contribution in [0.3, 0.4) is 0 Å². The number of carbonyl (C=O) groups is 2. The zero-order valence-electron chi connectivity index (χ0n) is 19.9. The highest BCUT2D eigenvalue weighted by Crippen LogP contribution is 2.39. The van der Waals surface area contributed by atoms with E-state index in [2.05, 4.69) is 4.90 Å². The van der Waals surface area contributed by atoms with Crippen LogP contribution in [0.5, 0.6) is 0 Å². The van der Waals surface area contributed by atoms with E-state index in [9.17, 15) is 24.8 Å². The number of benzene rings is 2. The summed E-state index contributed by atoms with van der Waals surface area (Å²) < 4.78 is 0. The summed E-state index contributed by atoms with van der Waals surface area (Å²) in [6.45, 7) is 6.59. The van der Waals surface area contributed by atoms with Gasteiger partial charge in [0.05, 0.1) is 16.5 Å². The number of amides is 1. The molecular formula is C25H30N4O5. The molecule has 1 fully saturated rings. The molecule has 180 valence electrons. The molecule has 1 N–H and O–H groups in total. The van der Waals surface area contributed by atoms with Crippen molar-refractivity contribution in [2.45, 2.75) is 19.9 Å². The van der Waals surface area contributed by atoms with Crippen molar-refractivity contribution in [1.29, 1.82) is 0 Å². The minimum absolute atomic E-state index is 0.0176. The number of nitro benzene ring substituents is 1. The van der Waals surface area contributed by atoms with E-state index in [-0.39, 0.29) is 22.6 Å². The number of anilines is 1. The molecule has 34 heavy (non-hydrogen) atoms. The molecule has 0 saturated carbocycles. The summed E-state index contributed by atoms with van der Waals surface area (Å²) in [5.74, 6) is -1.78. The van der Waals surface area contributed by atoms with Crippen LogP contribution in [-0.2, 0) is 9.59 Å². The van der Waals surface area contributed by atoms with Crippen LogP contribution in [-0.4, -0.2) is 71.8 Å². The maximum absolute atomic E-state index is 13.1. The summed E-state index contributed by atoms with van der Waals surface area (Å²) in [5, 5.41) is 22.1. The lowest BCUT2D eigenvalue weighted by molar-refractivity contribution is -0.384. The molecule has 1 aliphatic heterocycles. The van der Waals surface area contributed by atoms with E-state index in [0.717, 1.165) is 18.8 Å². The number of nitrogens with zero attached hydrogens (tertiary/aromatic N) is 4. The molecule has 2 aromatic rings. The number of nitro groups is 1. The average Bonchev–Trinajstić information content (AvgIpc) is 3.09. The van der Waals surface area contributed by atoms with E-state index in [0.29, 0.717) is 18.7 Å². The van der Waals surface area contributed by atoms with Gasteiger partial charge in [0.25, 0.3) is 17.4 Å². The molecule has 0 aliphatic carbocycles. The number of rotatable bonds is 9. The van der Waals surface area contributed by atoms with Gasteiger partial charge in [0.1, 0.15) is 5.76 Å². The van der Waals surface area contributed by atoms with Gasteiger partial charge in [-0.15, -0.1) is 0 Å². The molecule has 1 aliphatic rings. The fraction of sp³-hybridized carbons (Fsp3) is 0.360. The first-order valence-electron chi connectivity index (χ1n) is 11.2. The Kier molecular flexibility index (Phi) is 7.68. The fourth-order valence-electron chi connectivity index (χ4n) is 4.10. The van der Waals surface area contributed by atoms with Crippen molar-refractivity contribution in [3.63, 3.8) is 0 Å². The number of aliphatic hydroxyl groups excluding tert-OH is 1. The Labute approximate surface area is 199 Å². The minimum Gasteiger partial charge on any atom is -0.507 e. The molecule has 9 heteroatoms. The third kappa shape index (κ3) is 4.94. The average molecular weight is 467 g/mol. The number of ketones is 1. The fourth-order valence-corrected chi connectivity index (χ4v) is 4.10.